The Morgan fingerprint density at radius 3 is 2.28 bits per heavy atom. The molecule has 0 radical (unpaired) electrons. The first kappa shape index (κ1) is 20.5. The number of nitrogens with zero attached hydrogens (tertiary/aromatic N) is 1. The largest absolute Gasteiger partial charge is 0.465 e. The summed E-state index contributed by atoms with van der Waals surface area (Å²) in [5.41, 5.74) is 3.22. The fourth-order valence-corrected chi connectivity index (χ4v) is 3.70. The molecule has 1 aliphatic carbocycles. The second-order valence-corrected chi connectivity index (χ2v) is 7.00. The molecule has 1 N–H and O–H groups in total. The highest BCUT2D eigenvalue weighted by Crippen LogP contribution is 2.34. The fourth-order valence-electron chi connectivity index (χ4n) is 3.70. The molecule has 0 bridgehead atoms. The van der Waals surface area contributed by atoms with Gasteiger partial charge in [-0.15, -0.1) is 0 Å². The SMILES string of the molecule is COC(=O)c1cc(NC(=O)CN(C)[C@@H]2CCc3ccccc32)cc(C(=O)OC)c1. The van der Waals surface area contributed by atoms with Crippen LogP contribution in [0.3, 0.4) is 0 Å². The molecule has 2 aromatic rings. The van der Waals surface area contributed by atoms with Gasteiger partial charge in [-0.3, -0.25) is 9.69 Å². The van der Waals surface area contributed by atoms with Gasteiger partial charge in [-0.05, 0) is 49.2 Å². The number of methoxy groups -OCH3 is 2. The van der Waals surface area contributed by atoms with E-state index in [1.807, 2.05) is 24.1 Å². The minimum atomic E-state index is -0.606. The minimum absolute atomic E-state index is 0.156. The van der Waals surface area contributed by atoms with Crippen molar-refractivity contribution in [1.82, 2.24) is 4.90 Å². The molecule has 2 aromatic carbocycles. The van der Waals surface area contributed by atoms with Crippen LogP contribution in [0.25, 0.3) is 0 Å². The number of ether oxygens (including phenoxy) is 2. The first-order valence-corrected chi connectivity index (χ1v) is 9.32. The molecule has 7 heteroatoms. The number of rotatable bonds is 6. The summed E-state index contributed by atoms with van der Waals surface area (Å²) in [5, 5.41) is 2.76. The number of carbonyl (C=O) groups excluding carboxylic acids is 3. The van der Waals surface area contributed by atoms with Crippen molar-refractivity contribution in [1.29, 1.82) is 0 Å². The Labute approximate surface area is 169 Å². The third-order valence-corrected chi connectivity index (χ3v) is 5.09. The molecule has 0 saturated carbocycles. The summed E-state index contributed by atoms with van der Waals surface area (Å²) in [7, 11) is 4.41. The summed E-state index contributed by atoms with van der Waals surface area (Å²) in [5.74, 6) is -1.45. The van der Waals surface area contributed by atoms with Crippen LogP contribution in [0.5, 0.6) is 0 Å². The fraction of sp³-hybridized carbons (Fsp3) is 0.318. The normalized spacial score (nSPS) is 15.0. The number of hydrogen-bond donors (Lipinski definition) is 1. The van der Waals surface area contributed by atoms with Crippen molar-refractivity contribution >= 4 is 23.5 Å². The zero-order chi connectivity index (χ0) is 21.0. The summed E-state index contributed by atoms with van der Waals surface area (Å²) in [4.78, 5) is 38.4. The molecule has 0 heterocycles. The highest BCUT2D eigenvalue weighted by molar-refractivity contribution is 5.99. The maximum atomic E-state index is 12.6. The predicted molar refractivity (Wildman–Crippen MR) is 108 cm³/mol. The van der Waals surface area contributed by atoms with E-state index in [0.717, 1.165) is 12.8 Å². The highest BCUT2D eigenvalue weighted by atomic mass is 16.5. The molecular formula is C22H24N2O5. The van der Waals surface area contributed by atoms with Gasteiger partial charge in [-0.1, -0.05) is 24.3 Å². The molecular weight excluding hydrogens is 372 g/mol. The lowest BCUT2D eigenvalue weighted by atomic mass is 10.1. The molecule has 1 aliphatic rings. The summed E-state index contributed by atoms with van der Waals surface area (Å²) in [6.07, 6.45) is 1.96. The first-order chi connectivity index (χ1) is 13.9. The van der Waals surface area contributed by atoms with E-state index in [-0.39, 0.29) is 29.6 Å². The summed E-state index contributed by atoms with van der Waals surface area (Å²) in [6, 6.07) is 12.8. The van der Waals surface area contributed by atoms with Crippen molar-refractivity contribution in [3.05, 3.63) is 64.7 Å². The lowest BCUT2D eigenvalue weighted by Gasteiger charge is -2.24. The Balaban J connectivity index is 1.73. The van der Waals surface area contributed by atoms with Crippen molar-refractivity contribution in [3.8, 4) is 0 Å². The number of amides is 1. The van der Waals surface area contributed by atoms with Crippen molar-refractivity contribution < 1.29 is 23.9 Å². The van der Waals surface area contributed by atoms with Crippen LogP contribution in [0.1, 0.15) is 44.3 Å². The predicted octanol–water partition coefficient (Wildman–Crippen LogP) is 2.82. The molecule has 1 amide bonds. The van der Waals surface area contributed by atoms with Crippen LogP contribution in [0.15, 0.2) is 42.5 Å². The summed E-state index contributed by atoms with van der Waals surface area (Å²) >= 11 is 0. The van der Waals surface area contributed by atoms with Gasteiger partial charge in [0.05, 0.1) is 31.9 Å². The quantitative estimate of drug-likeness (QED) is 0.756. The van der Waals surface area contributed by atoms with E-state index in [0.29, 0.717) is 5.69 Å². The second-order valence-electron chi connectivity index (χ2n) is 7.00. The topological polar surface area (TPSA) is 84.9 Å². The van der Waals surface area contributed by atoms with E-state index in [1.165, 1.54) is 43.5 Å². The van der Waals surface area contributed by atoms with Gasteiger partial charge < -0.3 is 14.8 Å². The van der Waals surface area contributed by atoms with Crippen LogP contribution >= 0.6 is 0 Å². The number of esters is 2. The van der Waals surface area contributed by atoms with Gasteiger partial charge in [-0.25, -0.2) is 9.59 Å². The Morgan fingerprint density at radius 1 is 1.03 bits per heavy atom. The molecule has 0 saturated heterocycles. The van der Waals surface area contributed by atoms with Gasteiger partial charge in [0, 0.05) is 11.7 Å². The van der Waals surface area contributed by atoms with Crippen molar-refractivity contribution in [2.75, 3.05) is 33.1 Å². The number of benzene rings is 2. The maximum absolute atomic E-state index is 12.6. The average molecular weight is 396 g/mol. The van der Waals surface area contributed by atoms with Crippen LogP contribution in [-0.2, 0) is 20.7 Å². The van der Waals surface area contributed by atoms with Gasteiger partial charge in [-0.2, -0.15) is 0 Å². The first-order valence-electron chi connectivity index (χ1n) is 9.32. The second kappa shape index (κ2) is 8.87. The third kappa shape index (κ3) is 4.63. The van der Waals surface area contributed by atoms with Crippen LogP contribution in [0, 0.1) is 0 Å². The molecule has 0 fully saturated rings. The number of fused-ring (bicyclic) bond motifs is 1. The van der Waals surface area contributed by atoms with E-state index < -0.39 is 11.9 Å². The van der Waals surface area contributed by atoms with E-state index >= 15 is 0 Å². The summed E-state index contributed by atoms with van der Waals surface area (Å²) < 4.78 is 9.44. The molecule has 0 aliphatic heterocycles. The lowest BCUT2D eigenvalue weighted by molar-refractivity contribution is -0.117. The Bertz CT molecular complexity index is 906. The van der Waals surface area contributed by atoms with Crippen LogP contribution in [0.4, 0.5) is 5.69 Å². The van der Waals surface area contributed by atoms with Crippen molar-refractivity contribution in [3.63, 3.8) is 0 Å². The molecule has 7 nitrogen and oxygen atoms in total. The van der Waals surface area contributed by atoms with Crippen LogP contribution in [0.2, 0.25) is 0 Å². The molecule has 0 spiro atoms. The zero-order valence-electron chi connectivity index (χ0n) is 16.7. The van der Waals surface area contributed by atoms with Crippen molar-refractivity contribution in [2.45, 2.75) is 18.9 Å². The van der Waals surface area contributed by atoms with Gasteiger partial charge in [0.25, 0.3) is 0 Å². The molecule has 3 rings (SSSR count). The molecule has 0 unspecified atom stereocenters. The number of aryl methyl sites for hydroxylation is 1. The van der Waals surface area contributed by atoms with Gasteiger partial charge in [0.15, 0.2) is 0 Å². The van der Waals surface area contributed by atoms with E-state index in [2.05, 4.69) is 17.4 Å². The number of carbonyl (C=O) groups is 3. The summed E-state index contributed by atoms with van der Waals surface area (Å²) in [6.45, 7) is 0.176. The zero-order valence-corrected chi connectivity index (χ0v) is 16.7. The van der Waals surface area contributed by atoms with E-state index in [1.54, 1.807) is 0 Å². The number of nitrogens with one attached hydrogen (secondary N) is 1. The molecule has 1 atom stereocenters. The molecule has 0 aromatic heterocycles. The minimum Gasteiger partial charge on any atom is -0.465 e. The van der Waals surface area contributed by atoms with Gasteiger partial charge in [0.1, 0.15) is 0 Å². The Kier molecular flexibility index (Phi) is 6.29. The highest BCUT2D eigenvalue weighted by Gasteiger charge is 2.26. The average Bonchev–Trinajstić information content (AvgIpc) is 3.16. The number of anilines is 1. The van der Waals surface area contributed by atoms with Gasteiger partial charge >= 0.3 is 11.9 Å². The monoisotopic (exact) mass is 396 g/mol. The molecule has 29 heavy (non-hydrogen) atoms. The maximum Gasteiger partial charge on any atom is 0.337 e. The number of likely N-dealkylation sites (N-methyl/N-ethyl adjacent to an activating group) is 1. The van der Waals surface area contributed by atoms with Crippen molar-refractivity contribution in [2.24, 2.45) is 0 Å². The molecule has 152 valence electrons. The standard InChI is InChI=1S/C22H24N2O5/c1-24(19-9-8-14-6-4-5-7-18(14)19)13-20(25)23-17-11-15(21(26)28-2)10-16(12-17)22(27)29-3/h4-7,10-12,19H,8-9,13H2,1-3H3,(H,23,25)/t19-/m1/s1. The van der Waals surface area contributed by atoms with Crippen LogP contribution < -0.4 is 5.32 Å². The van der Waals surface area contributed by atoms with E-state index in [4.69, 9.17) is 9.47 Å². The Hall–Kier alpha value is -3.19. The van der Waals surface area contributed by atoms with Crippen LogP contribution in [-0.4, -0.2) is 50.6 Å². The number of hydrogen-bond acceptors (Lipinski definition) is 6. The van der Waals surface area contributed by atoms with E-state index in [9.17, 15) is 14.4 Å². The lowest BCUT2D eigenvalue weighted by Crippen LogP contribution is -2.32. The smallest absolute Gasteiger partial charge is 0.337 e. The Morgan fingerprint density at radius 2 is 1.66 bits per heavy atom. The van der Waals surface area contributed by atoms with Gasteiger partial charge in [0.2, 0.25) is 5.91 Å². The third-order valence-electron chi connectivity index (χ3n) is 5.09.